The highest BCUT2D eigenvalue weighted by atomic mass is 19.2. The van der Waals surface area contributed by atoms with Crippen molar-refractivity contribution in [3.8, 4) is 0 Å². The summed E-state index contributed by atoms with van der Waals surface area (Å²) < 4.78 is 33.7. The van der Waals surface area contributed by atoms with Crippen LogP contribution in [0, 0.1) is 18.6 Å². The summed E-state index contributed by atoms with van der Waals surface area (Å²) >= 11 is 0. The number of fused-ring (bicyclic) bond motifs is 2. The molecule has 0 spiro atoms. The van der Waals surface area contributed by atoms with Crippen molar-refractivity contribution in [1.29, 1.82) is 0 Å². The number of aliphatic hydroxyl groups is 1. The van der Waals surface area contributed by atoms with Crippen molar-refractivity contribution in [2.75, 3.05) is 0 Å². The Balaban J connectivity index is 1.43. The molecule has 2 atom stereocenters. The van der Waals surface area contributed by atoms with Crippen molar-refractivity contribution < 1.29 is 23.4 Å². The maximum Gasteiger partial charge on any atom is 0.410 e. The third-order valence-corrected chi connectivity index (χ3v) is 6.14. The smallest absolute Gasteiger partial charge is 0.410 e. The fourth-order valence-electron chi connectivity index (χ4n) is 4.74. The maximum absolute atomic E-state index is 14.3. The lowest BCUT2D eigenvalue weighted by molar-refractivity contribution is -0.0490. The summed E-state index contributed by atoms with van der Waals surface area (Å²) in [5.74, 6) is -1.76. The Morgan fingerprint density at radius 2 is 1.76 bits per heavy atom. The number of nitrogens with zero attached hydrogens (tertiary/aromatic N) is 1. The highest BCUT2D eigenvalue weighted by Crippen LogP contribution is 2.43. The third-order valence-electron chi connectivity index (χ3n) is 6.14. The molecule has 4 rings (SSSR count). The van der Waals surface area contributed by atoms with Crippen LogP contribution in [-0.4, -0.2) is 33.8 Å². The van der Waals surface area contributed by atoms with E-state index in [4.69, 9.17) is 4.74 Å². The van der Waals surface area contributed by atoms with Crippen molar-refractivity contribution in [2.45, 2.75) is 63.3 Å². The number of hydrogen-bond donors (Lipinski definition) is 1. The number of amides is 1. The van der Waals surface area contributed by atoms with Gasteiger partial charge in [0.25, 0.3) is 0 Å². The van der Waals surface area contributed by atoms with Crippen molar-refractivity contribution in [3.05, 3.63) is 70.8 Å². The van der Waals surface area contributed by atoms with E-state index in [1.807, 2.05) is 30.3 Å². The molecule has 2 aliphatic rings. The van der Waals surface area contributed by atoms with Gasteiger partial charge in [0.2, 0.25) is 0 Å². The molecule has 1 amide bonds. The molecule has 0 saturated carbocycles. The van der Waals surface area contributed by atoms with Gasteiger partial charge in [-0.25, -0.2) is 13.6 Å². The van der Waals surface area contributed by atoms with Crippen LogP contribution in [0.4, 0.5) is 13.6 Å². The van der Waals surface area contributed by atoms with E-state index >= 15 is 0 Å². The minimum atomic E-state index is -1.16. The summed E-state index contributed by atoms with van der Waals surface area (Å²) in [7, 11) is 0. The second-order valence-electron chi connectivity index (χ2n) is 8.31. The highest BCUT2D eigenvalue weighted by molar-refractivity contribution is 5.69. The van der Waals surface area contributed by atoms with Crippen molar-refractivity contribution >= 4 is 6.09 Å². The van der Waals surface area contributed by atoms with Crippen LogP contribution in [-0.2, 0) is 17.8 Å². The number of ether oxygens (including phenoxy) is 1. The second kappa shape index (κ2) is 7.75. The number of aryl methyl sites for hydroxylation is 1. The van der Waals surface area contributed by atoms with E-state index < -0.39 is 17.2 Å². The molecule has 4 nitrogen and oxygen atoms in total. The van der Waals surface area contributed by atoms with Crippen LogP contribution in [0.3, 0.4) is 0 Å². The SMILES string of the molecule is Cc1ccc(CC2(O)CC3CCC(C2)N3C(=O)OCc2ccccc2)c(F)c1F. The number of hydrogen-bond acceptors (Lipinski definition) is 3. The Morgan fingerprint density at radius 1 is 1.10 bits per heavy atom. The Hall–Kier alpha value is -2.47. The number of piperidine rings is 1. The molecule has 2 heterocycles. The topological polar surface area (TPSA) is 49.8 Å². The fraction of sp³-hybridized carbons (Fsp3) is 0.435. The van der Waals surface area contributed by atoms with Gasteiger partial charge in [-0.15, -0.1) is 0 Å². The van der Waals surface area contributed by atoms with E-state index in [1.54, 1.807) is 4.90 Å². The Labute approximate surface area is 169 Å². The zero-order chi connectivity index (χ0) is 20.6. The Kier molecular flexibility index (Phi) is 5.30. The monoisotopic (exact) mass is 401 g/mol. The van der Waals surface area contributed by atoms with E-state index in [9.17, 15) is 18.7 Å². The summed E-state index contributed by atoms with van der Waals surface area (Å²) in [6.45, 7) is 1.71. The number of carbonyl (C=O) groups excluding carboxylic acids is 1. The molecule has 0 radical (unpaired) electrons. The minimum absolute atomic E-state index is 0.0376. The van der Waals surface area contributed by atoms with Gasteiger partial charge in [0, 0.05) is 18.5 Å². The van der Waals surface area contributed by atoms with Crippen LogP contribution in [0.2, 0.25) is 0 Å². The van der Waals surface area contributed by atoms with Crippen LogP contribution in [0.1, 0.15) is 42.4 Å². The zero-order valence-corrected chi connectivity index (χ0v) is 16.4. The number of benzene rings is 2. The first kappa shape index (κ1) is 19.8. The summed E-state index contributed by atoms with van der Waals surface area (Å²) in [6, 6.07) is 12.2. The number of carbonyl (C=O) groups is 1. The molecule has 2 aromatic carbocycles. The first-order chi connectivity index (χ1) is 13.9. The highest BCUT2D eigenvalue weighted by Gasteiger charge is 2.50. The van der Waals surface area contributed by atoms with Gasteiger partial charge in [-0.1, -0.05) is 42.5 Å². The first-order valence-corrected chi connectivity index (χ1v) is 10.0. The van der Waals surface area contributed by atoms with Gasteiger partial charge in [0.1, 0.15) is 6.61 Å². The van der Waals surface area contributed by atoms with Gasteiger partial charge in [-0.3, -0.25) is 0 Å². The van der Waals surface area contributed by atoms with Crippen molar-refractivity contribution in [2.24, 2.45) is 0 Å². The molecule has 2 aromatic rings. The van der Waals surface area contributed by atoms with E-state index in [2.05, 4.69) is 0 Å². The van der Waals surface area contributed by atoms with Gasteiger partial charge in [-0.05, 0) is 49.3 Å². The van der Waals surface area contributed by atoms with Gasteiger partial charge in [-0.2, -0.15) is 0 Å². The maximum atomic E-state index is 14.3. The molecule has 2 saturated heterocycles. The Bertz CT molecular complexity index is 888. The third kappa shape index (κ3) is 3.99. The predicted molar refractivity (Wildman–Crippen MR) is 104 cm³/mol. The van der Waals surface area contributed by atoms with E-state index in [-0.39, 0.29) is 42.3 Å². The van der Waals surface area contributed by atoms with Crippen LogP contribution in [0.5, 0.6) is 0 Å². The average Bonchev–Trinajstić information content (AvgIpc) is 3.00. The first-order valence-electron chi connectivity index (χ1n) is 10.0. The Morgan fingerprint density at radius 3 is 2.41 bits per heavy atom. The van der Waals surface area contributed by atoms with Gasteiger partial charge >= 0.3 is 6.09 Å². The normalized spacial score (nSPS) is 25.9. The molecule has 6 heteroatoms. The summed E-state index contributed by atoms with van der Waals surface area (Å²) in [4.78, 5) is 14.4. The number of halogens is 2. The molecule has 154 valence electrons. The number of rotatable bonds is 4. The lowest BCUT2D eigenvalue weighted by Gasteiger charge is -2.43. The van der Waals surface area contributed by atoms with Crippen LogP contribution >= 0.6 is 0 Å². The van der Waals surface area contributed by atoms with E-state index in [0.717, 1.165) is 18.4 Å². The quantitative estimate of drug-likeness (QED) is 0.820. The second-order valence-corrected chi connectivity index (χ2v) is 8.31. The van der Waals surface area contributed by atoms with Crippen molar-refractivity contribution in [1.82, 2.24) is 4.90 Å². The van der Waals surface area contributed by atoms with E-state index in [1.165, 1.54) is 19.1 Å². The van der Waals surface area contributed by atoms with Crippen molar-refractivity contribution in [3.63, 3.8) is 0 Å². The average molecular weight is 401 g/mol. The van der Waals surface area contributed by atoms with Gasteiger partial charge in [0.05, 0.1) is 5.60 Å². The molecule has 1 N–H and O–H groups in total. The molecular weight excluding hydrogens is 376 g/mol. The molecule has 0 aliphatic carbocycles. The predicted octanol–water partition coefficient (Wildman–Crippen LogP) is 4.51. The van der Waals surface area contributed by atoms with Crippen LogP contribution < -0.4 is 0 Å². The molecule has 2 fully saturated rings. The molecular formula is C23H25F2NO3. The molecule has 2 bridgehead atoms. The molecule has 0 aromatic heterocycles. The largest absolute Gasteiger partial charge is 0.445 e. The van der Waals surface area contributed by atoms with E-state index in [0.29, 0.717) is 12.8 Å². The van der Waals surface area contributed by atoms with Gasteiger partial charge in [0.15, 0.2) is 11.6 Å². The lowest BCUT2D eigenvalue weighted by Crippen LogP contribution is -2.54. The fourth-order valence-corrected chi connectivity index (χ4v) is 4.74. The standard InChI is InChI=1S/C23H25F2NO3/c1-15-7-8-17(21(25)20(15)24)11-23(28)12-18-9-10-19(13-23)26(18)22(27)29-14-16-5-3-2-4-6-16/h2-8,18-19,28H,9-14H2,1H3. The van der Waals surface area contributed by atoms with Crippen LogP contribution in [0.15, 0.2) is 42.5 Å². The lowest BCUT2D eigenvalue weighted by atomic mass is 9.81. The molecule has 2 aliphatic heterocycles. The summed E-state index contributed by atoms with van der Waals surface area (Å²) in [6.07, 6.45) is 1.88. The summed E-state index contributed by atoms with van der Waals surface area (Å²) in [5.41, 5.74) is 0.174. The van der Waals surface area contributed by atoms with Crippen LogP contribution in [0.25, 0.3) is 0 Å². The van der Waals surface area contributed by atoms with Gasteiger partial charge < -0.3 is 14.7 Å². The molecule has 29 heavy (non-hydrogen) atoms. The molecule has 2 unspecified atom stereocenters. The minimum Gasteiger partial charge on any atom is -0.445 e. The summed E-state index contributed by atoms with van der Waals surface area (Å²) in [5, 5.41) is 11.1. The zero-order valence-electron chi connectivity index (χ0n) is 16.4.